The molecule has 0 aliphatic carbocycles. The third-order valence-corrected chi connectivity index (χ3v) is 2.58. The maximum absolute atomic E-state index is 11.2. The summed E-state index contributed by atoms with van der Waals surface area (Å²) in [6.07, 6.45) is 0.384. The summed E-state index contributed by atoms with van der Waals surface area (Å²) < 4.78 is 5.02. The summed E-state index contributed by atoms with van der Waals surface area (Å²) >= 11 is 0. The van der Waals surface area contributed by atoms with Gasteiger partial charge >= 0.3 is 5.97 Å². The van der Waals surface area contributed by atoms with Crippen LogP contribution in [-0.2, 0) is 4.79 Å². The second kappa shape index (κ2) is 3.01. The molecule has 1 aromatic rings. The summed E-state index contributed by atoms with van der Waals surface area (Å²) in [5.41, 5.74) is 1.64. The number of esters is 1. The minimum Gasteiger partial charge on any atom is -0.504 e. The molecule has 3 nitrogen and oxygen atoms in total. The van der Waals surface area contributed by atoms with Crippen LogP contribution in [0.15, 0.2) is 12.1 Å². The predicted octanol–water partition coefficient (Wildman–Crippen LogP) is 2.11. The molecular weight excluding hydrogens is 180 g/mol. The van der Waals surface area contributed by atoms with E-state index < -0.39 is 0 Å². The Balaban J connectivity index is 2.59. The highest BCUT2D eigenvalue weighted by molar-refractivity contribution is 5.78. The molecule has 0 spiro atoms. The number of rotatable bonds is 0. The summed E-state index contributed by atoms with van der Waals surface area (Å²) in [5.74, 6) is 0.278. The second-order valence-electron chi connectivity index (χ2n) is 3.73. The molecule has 1 aliphatic heterocycles. The summed E-state index contributed by atoms with van der Waals surface area (Å²) in [6.45, 7) is 3.73. The van der Waals surface area contributed by atoms with E-state index in [-0.39, 0.29) is 17.6 Å². The SMILES string of the molecule is Cc1ccc2c(c1O)OC(=O)C[C@H]2C. The van der Waals surface area contributed by atoms with Crippen molar-refractivity contribution < 1.29 is 14.6 Å². The molecule has 0 saturated carbocycles. The molecule has 0 unspecified atom stereocenters. The molecule has 1 aliphatic rings. The lowest BCUT2D eigenvalue weighted by atomic mass is 9.93. The first-order chi connectivity index (χ1) is 6.59. The van der Waals surface area contributed by atoms with Gasteiger partial charge < -0.3 is 9.84 Å². The maximum Gasteiger partial charge on any atom is 0.311 e. The van der Waals surface area contributed by atoms with Crippen molar-refractivity contribution in [1.82, 2.24) is 0 Å². The standard InChI is InChI=1S/C11H12O3/c1-6-3-4-8-7(2)5-9(12)14-11(8)10(6)13/h3-4,7,13H,5H2,1-2H3/t7-/m1/s1. The Labute approximate surface area is 82.3 Å². The van der Waals surface area contributed by atoms with Crippen LogP contribution in [0.4, 0.5) is 0 Å². The van der Waals surface area contributed by atoms with E-state index in [4.69, 9.17) is 4.74 Å². The van der Waals surface area contributed by atoms with Gasteiger partial charge in [0.1, 0.15) is 0 Å². The Bertz CT molecular complexity index is 396. The average molecular weight is 192 g/mol. The number of carbonyl (C=O) groups is 1. The van der Waals surface area contributed by atoms with Crippen LogP contribution < -0.4 is 4.74 Å². The van der Waals surface area contributed by atoms with Crippen molar-refractivity contribution in [3.8, 4) is 11.5 Å². The molecule has 1 heterocycles. The highest BCUT2D eigenvalue weighted by Gasteiger charge is 2.26. The number of phenols is 1. The van der Waals surface area contributed by atoms with Crippen LogP contribution in [0.1, 0.15) is 30.4 Å². The number of ether oxygens (including phenoxy) is 1. The number of benzene rings is 1. The van der Waals surface area contributed by atoms with Gasteiger partial charge in [-0.2, -0.15) is 0 Å². The van der Waals surface area contributed by atoms with E-state index in [0.717, 1.165) is 11.1 Å². The minimum atomic E-state index is -0.272. The topological polar surface area (TPSA) is 46.5 Å². The first-order valence-electron chi connectivity index (χ1n) is 4.62. The van der Waals surface area contributed by atoms with E-state index in [2.05, 4.69) is 0 Å². The summed E-state index contributed by atoms with van der Waals surface area (Å²) in [7, 11) is 0. The van der Waals surface area contributed by atoms with Crippen molar-refractivity contribution in [3.05, 3.63) is 23.3 Å². The largest absolute Gasteiger partial charge is 0.504 e. The summed E-state index contributed by atoms with van der Waals surface area (Å²) in [4.78, 5) is 11.2. The van der Waals surface area contributed by atoms with Crippen molar-refractivity contribution in [1.29, 1.82) is 0 Å². The molecule has 0 radical (unpaired) electrons. The van der Waals surface area contributed by atoms with E-state index in [1.165, 1.54) is 0 Å². The van der Waals surface area contributed by atoms with Gasteiger partial charge in [0.05, 0.1) is 6.42 Å². The Morgan fingerprint density at radius 2 is 2.21 bits per heavy atom. The van der Waals surface area contributed by atoms with Gasteiger partial charge in [0.15, 0.2) is 11.5 Å². The van der Waals surface area contributed by atoms with Gasteiger partial charge in [-0.05, 0) is 18.4 Å². The fourth-order valence-corrected chi connectivity index (χ4v) is 1.70. The quantitative estimate of drug-likeness (QED) is 0.506. The lowest BCUT2D eigenvalue weighted by molar-refractivity contribution is -0.135. The highest BCUT2D eigenvalue weighted by Crippen LogP contribution is 2.41. The lowest BCUT2D eigenvalue weighted by Crippen LogP contribution is -2.18. The molecular formula is C11H12O3. The smallest absolute Gasteiger partial charge is 0.311 e. The summed E-state index contributed by atoms with van der Waals surface area (Å²) in [6, 6.07) is 3.74. The van der Waals surface area contributed by atoms with Crippen LogP contribution in [0.5, 0.6) is 11.5 Å². The van der Waals surface area contributed by atoms with Crippen LogP contribution in [0.3, 0.4) is 0 Å². The fourth-order valence-electron chi connectivity index (χ4n) is 1.70. The van der Waals surface area contributed by atoms with Crippen LogP contribution in [-0.4, -0.2) is 11.1 Å². The minimum absolute atomic E-state index is 0.0856. The van der Waals surface area contributed by atoms with E-state index in [1.807, 2.05) is 19.1 Å². The van der Waals surface area contributed by atoms with Gasteiger partial charge in [-0.25, -0.2) is 0 Å². The second-order valence-corrected chi connectivity index (χ2v) is 3.73. The first kappa shape index (κ1) is 9.06. The summed E-state index contributed by atoms with van der Waals surface area (Å²) in [5, 5.41) is 9.70. The molecule has 74 valence electrons. The maximum atomic E-state index is 11.2. The van der Waals surface area contributed by atoms with Gasteiger partial charge in [-0.1, -0.05) is 19.1 Å². The molecule has 1 atom stereocenters. The number of carbonyl (C=O) groups excluding carboxylic acids is 1. The molecule has 0 bridgehead atoms. The number of fused-ring (bicyclic) bond motifs is 1. The van der Waals surface area contributed by atoms with Crippen molar-refractivity contribution in [2.24, 2.45) is 0 Å². The first-order valence-corrected chi connectivity index (χ1v) is 4.62. The molecule has 14 heavy (non-hydrogen) atoms. The Morgan fingerprint density at radius 3 is 2.93 bits per heavy atom. The van der Waals surface area contributed by atoms with Crippen LogP contribution >= 0.6 is 0 Å². The Kier molecular flexibility index (Phi) is 1.95. The van der Waals surface area contributed by atoms with Crippen molar-refractivity contribution in [2.75, 3.05) is 0 Å². The van der Waals surface area contributed by atoms with Gasteiger partial charge in [0, 0.05) is 5.56 Å². The third-order valence-electron chi connectivity index (χ3n) is 2.58. The van der Waals surface area contributed by atoms with Gasteiger partial charge in [0.2, 0.25) is 0 Å². The van der Waals surface area contributed by atoms with E-state index >= 15 is 0 Å². The van der Waals surface area contributed by atoms with E-state index in [9.17, 15) is 9.90 Å². The number of phenolic OH excluding ortho intramolecular Hbond substituents is 1. The fraction of sp³-hybridized carbons (Fsp3) is 0.364. The molecule has 1 N–H and O–H groups in total. The van der Waals surface area contributed by atoms with Gasteiger partial charge in [-0.3, -0.25) is 4.79 Å². The van der Waals surface area contributed by atoms with E-state index in [1.54, 1.807) is 6.92 Å². The molecule has 0 saturated heterocycles. The number of hydrogen-bond donors (Lipinski definition) is 1. The van der Waals surface area contributed by atoms with Gasteiger partial charge in [-0.15, -0.1) is 0 Å². The van der Waals surface area contributed by atoms with E-state index in [0.29, 0.717) is 12.2 Å². The molecule has 0 amide bonds. The molecule has 0 aromatic heterocycles. The average Bonchev–Trinajstić information content (AvgIpc) is 2.12. The monoisotopic (exact) mass is 192 g/mol. The van der Waals surface area contributed by atoms with Gasteiger partial charge in [0.25, 0.3) is 0 Å². The number of aryl methyl sites for hydroxylation is 1. The number of hydrogen-bond acceptors (Lipinski definition) is 3. The van der Waals surface area contributed by atoms with Crippen molar-refractivity contribution >= 4 is 5.97 Å². The predicted molar refractivity (Wildman–Crippen MR) is 51.5 cm³/mol. The Hall–Kier alpha value is -1.51. The normalized spacial score (nSPS) is 20.1. The zero-order chi connectivity index (χ0) is 10.3. The zero-order valence-electron chi connectivity index (χ0n) is 8.20. The lowest BCUT2D eigenvalue weighted by Gasteiger charge is -2.22. The molecule has 2 rings (SSSR count). The molecule has 0 fully saturated rings. The third kappa shape index (κ3) is 1.25. The van der Waals surface area contributed by atoms with Crippen LogP contribution in [0.25, 0.3) is 0 Å². The highest BCUT2D eigenvalue weighted by atomic mass is 16.5. The molecule has 3 heteroatoms. The Morgan fingerprint density at radius 1 is 1.50 bits per heavy atom. The van der Waals surface area contributed by atoms with Crippen molar-refractivity contribution in [3.63, 3.8) is 0 Å². The number of aromatic hydroxyl groups is 1. The zero-order valence-corrected chi connectivity index (χ0v) is 8.20. The van der Waals surface area contributed by atoms with Crippen LogP contribution in [0, 0.1) is 6.92 Å². The van der Waals surface area contributed by atoms with Crippen molar-refractivity contribution in [2.45, 2.75) is 26.2 Å². The van der Waals surface area contributed by atoms with Crippen LogP contribution in [0.2, 0.25) is 0 Å². The molecule has 1 aromatic carbocycles.